The molecule has 2 fully saturated rings. The van der Waals surface area contributed by atoms with Gasteiger partial charge >= 0.3 is 0 Å². The molecular formula is C21H35N5O2. The van der Waals surface area contributed by atoms with Crippen molar-refractivity contribution in [2.24, 2.45) is 7.05 Å². The first-order valence-electron chi connectivity index (χ1n) is 10.7. The summed E-state index contributed by atoms with van der Waals surface area (Å²) >= 11 is 0. The fraction of sp³-hybridized carbons (Fsp3) is 0.762. The lowest BCUT2D eigenvalue weighted by Gasteiger charge is -2.40. The fourth-order valence-electron chi connectivity index (χ4n) is 4.89. The summed E-state index contributed by atoms with van der Waals surface area (Å²) in [5, 5.41) is 10.7. The molecule has 2 aliphatic heterocycles. The van der Waals surface area contributed by atoms with Gasteiger partial charge in [-0.15, -0.1) is 0 Å². The van der Waals surface area contributed by atoms with E-state index in [9.17, 15) is 9.59 Å². The molecule has 7 heteroatoms. The minimum absolute atomic E-state index is 0.0501. The maximum atomic E-state index is 12.9. The second-order valence-corrected chi connectivity index (χ2v) is 8.43. The lowest BCUT2D eigenvalue weighted by Crippen LogP contribution is -2.57. The van der Waals surface area contributed by atoms with E-state index in [1.165, 1.54) is 0 Å². The Bertz CT molecular complexity index is 729. The van der Waals surface area contributed by atoms with Gasteiger partial charge in [-0.2, -0.15) is 5.10 Å². The van der Waals surface area contributed by atoms with Crippen molar-refractivity contribution >= 4 is 11.8 Å². The number of piperidine rings is 1. The van der Waals surface area contributed by atoms with Gasteiger partial charge in [0, 0.05) is 38.3 Å². The number of rotatable bonds is 7. The summed E-state index contributed by atoms with van der Waals surface area (Å²) in [7, 11) is 1.93. The monoisotopic (exact) mass is 389 g/mol. The summed E-state index contributed by atoms with van der Waals surface area (Å²) in [6.45, 7) is 8.54. The Kier molecular flexibility index (Phi) is 6.43. The van der Waals surface area contributed by atoms with Crippen molar-refractivity contribution in [3.8, 4) is 0 Å². The molecule has 0 unspecified atom stereocenters. The standard InChI is InChI=1S/C21H35N5O2/c1-5-11-22-20(28)21-10-6-7-12-26(21)14-17(13-21)23-19(27)9-8-18-15(2)24-25(4)16(18)3/h17H,5-14H2,1-4H3,(H,22,28)(H,23,27)/t17-,21-/m0/s1. The van der Waals surface area contributed by atoms with Crippen LogP contribution in [0.4, 0.5) is 0 Å². The summed E-state index contributed by atoms with van der Waals surface area (Å²) in [6.07, 6.45) is 5.92. The molecule has 1 aromatic rings. The van der Waals surface area contributed by atoms with Crippen LogP contribution in [0.3, 0.4) is 0 Å². The van der Waals surface area contributed by atoms with Crippen LogP contribution in [0.1, 0.15) is 62.4 Å². The van der Waals surface area contributed by atoms with E-state index in [1.54, 1.807) is 0 Å². The number of nitrogens with zero attached hydrogens (tertiary/aromatic N) is 3. The SMILES string of the molecule is CCCNC(=O)[C@@]12CCCCN1C[C@@H](NC(=O)CCc1c(C)nn(C)c1C)C2. The van der Waals surface area contributed by atoms with Crippen LogP contribution >= 0.6 is 0 Å². The predicted molar refractivity (Wildman–Crippen MR) is 109 cm³/mol. The Balaban J connectivity index is 1.58. The zero-order chi connectivity index (χ0) is 20.3. The minimum Gasteiger partial charge on any atom is -0.355 e. The van der Waals surface area contributed by atoms with Crippen LogP contribution in [0.5, 0.6) is 0 Å². The van der Waals surface area contributed by atoms with Crippen molar-refractivity contribution in [3.05, 3.63) is 17.0 Å². The first-order valence-corrected chi connectivity index (χ1v) is 10.7. The zero-order valence-electron chi connectivity index (χ0n) is 17.8. The Morgan fingerprint density at radius 2 is 2.07 bits per heavy atom. The maximum absolute atomic E-state index is 12.9. The molecule has 3 heterocycles. The van der Waals surface area contributed by atoms with Crippen molar-refractivity contribution in [1.29, 1.82) is 0 Å². The molecule has 0 aromatic carbocycles. The van der Waals surface area contributed by atoms with Crippen LogP contribution < -0.4 is 10.6 Å². The third kappa shape index (κ3) is 4.09. The van der Waals surface area contributed by atoms with Crippen LogP contribution in [0.15, 0.2) is 0 Å². The third-order valence-corrected chi connectivity index (χ3v) is 6.48. The van der Waals surface area contributed by atoms with Gasteiger partial charge < -0.3 is 10.6 Å². The van der Waals surface area contributed by atoms with Crippen LogP contribution in [0.2, 0.25) is 0 Å². The lowest BCUT2D eigenvalue weighted by molar-refractivity contribution is -0.134. The number of carbonyl (C=O) groups excluding carboxylic acids is 2. The van der Waals surface area contributed by atoms with Crippen molar-refractivity contribution in [1.82, 2.24) is 25.3 Å². The molecule has 28 heavy (non-hydrogen) atoms. The molecule has 0 radical (unpaired) electrons. The molecule has 7 nitrogen and oxygen atoms in total. The Morgan fingerprint density at radius 3 is 2.75 bits per heavy atom. The van der Waals surface area contributed by atoms with Gasteiger partial charge in [-0.1, -0.05) is 6.92 Å². The molecular weight excluding hydrogens is 354 g/mol. The van der Waals surface area contributed by atoms with Crippen LogP contribution in [0.25, 0.3) is 0 Å². The van der Waals surface area contributed by atoms with E-state index in [1.807, 2.05) is 25.6 Å². The highest BCUT2D eigenvalue weighted by Crippen LogP contribution is 2.38. The predicted octanol–water partition coefficient (Wildman–Crippen LogP) is 1.61. The van der Waals surface area contributed by atoms with Gasteiger partial charge in [0.15, 0.2) is 0 Å². The van der Waals surface area contributed by atoms with Crippen LogP contribution in [0, 0.1) is 13.8 Å². The van der Waals surface area contributed by atoms with Crippen molar-refractivity contribution in [2.75, 3.05) is 19.6 Å². The van der Waals surface area contributed by atoms with Gasteiger partial charge in [0.25, 0.3) is 0 Å². The number of fused-ring (bicyclic) bond motifs is 1. The molecule has 0 aliphatic carbocycles. The van der Waals surface area contributed by atoms with Crippen LogP contribution in [-0.4, -0.2) is 57.7 Å². The quantitative estimate of drug-likeness (QED) is 0.743. The number of hydrogen-bond acceptors (Lipinski definition) is 4. The molecule has 2 N–H and O–H groups in total. The highest BCUT2D eigenvalue weighted by Gasteiger charge is 2.51. The number of aromatic nitrogens is 2. The Labute approximate surface area is 168 Å². The van der Waals surface area contributed by atoms with Crippen molar-refractivity contribution in [3.63, 3.8) is 0 Å². The third-order valence-electron chi connectivity index (χ3n) is 6.48. The molecule has 0 bridgehead atoms. The summed E-state index contributed by atoms with van der Waals surface area (Å²) < 4.78 is 1.87. The van der Waals surface area contributed by atoms with E-state index in [4.69, 9.17) is 0 Å². The number of amides is 2. The van der Waals surface area contributed by atoms with Gasteiger partial charge in [0.2, 0.25) is 11.8 Å². The fourth-order valence-corrected chi connectivity index (χ4v) is 4.89. The summed E-state index contributed by atoms with van der Waals surface area (Å²) in [4.78, 5) is 27.8. The number of aryl methyl sites for hydroxylation is 2. The van der Waals surface area contributed by atoms with Crippen molar-refractivity contribution in [2.45, 2.75) is 77.3 Å². The zero-order valence-corrected chi connectivity index (χ0v) is 17.8. The molecule has 156 valence electrons. The van der Waals surface area contributed by atoms with Gasteiger partial charge in [-0.3, -0.25) is 19.2 Å². The Morgan fingerprint density at radius 1 is 1.29 bits per heavy atom. The largest absolute Gasteiger partial charge is 0.355 e. The van der Waals surface area contributed by atoms with E-state index in [0.717, 1.165) is 68.7 Å². The average molecular weight is 390 g/mol. The van der Waals surface area contributed by atoms with Gasteiger partial charge in [-0.25, -0.2) is 0 Å². The topological polar surface area (TPSA) is 79.3 Å². The molecule has 3 rings (SSSR count). The summed E-state index contributed by atoms with van der Waals surface area (Å²) in [5.74, 6) is 0.212. The molecule has 2 saturated heterocycles. The van der Waals surface area contributed by atoms with Gasteiger partial charge in [0.1, 0.15) is 5.54 Å². The van der Waals surface area contributed by atoms with E-state index in [-0.39, 0.29) is 17.9 Å². The van der Waals surface area contributed by atoms with E-state index in [0.29, 0.717) is 12.8 Å². The van der Waals surface area contributed by atoms with E-state index >= 15 is 0 Å². The molecule has 0 saturated carbocycles. The molecule has 0 spiro atoms. The average Bonchev–Trinajstić information content (AvgIpc) is 3.15. The second-order valence-electron chi connectivity index (χ2n) is 8.43. The second kappa shape index (κ2) is 8.64. The van der Waals surface area contributed by atoms with E-state index < -0.39 is 5.54 Å². The highest BCUT2D eigenvalue weighted by molar-refractivity contribution is 5.87. The normalized spacial score (nSPS) is 24.8. The van der Waals surface area contributed by atoms with Gasteiger partial charge in [-0.05, 0) is 64.5 Å². The first kappa shape index (κ1) is 20.8. The van der Waals surface area contributed by atoms with E-state index in [2.05, 4.69) is 27.6 Å². The van der Waals surface area contributed by atoms with Crippen LogP contribution in [-0.2, 0) is 23.1 Å². The number of carbonyl (C=O) groups is 2. The summed E-state index contributed by atoms with van der Waals surface area (Å²) in [5.41, 5.74) is 2.85. The number of hydrogen-bond donors (Lipinski definition) is 2. The molecule has 2 amide bonds. The smallest absolute Gasteiger partial charge is 0.240 e. The van der Waals surface area contributed by atoms with Gasteiger partial charge in [0.05, 0.1) is 5.69 Å². The lowest BCUT2D eigenvalue weighted by atomic mass is 9.84. The minimum atomic E-state index is -0.429. The highest BCUT2D eigenvalue weighted by atomic mass is 16.2. The first-order chi connectivity index (χ1) is 13.4. The molecule has 1 aromatic heterocycles. The van der Waals surface area contributed by atoms with Crippen molar-refractivity contribution < 1.29 is 9.59 Å². The maximum Gasteiger partial charge on any atom is 0.240 e. The number of nitrogens with one attached hydrogen (secondary N) is 2. The summed E-state index contributed by atoms with van der Waals surface area (Å²) in [6, 6.07) is 0.0501. The Hall–Kier alpha value is -1.89. The molecule has 2 aliphatic rings. The molecule has 2 atom stereocenters.